The minimum absolute atomic E-state index is 0.0190. The molecule has 2 atom stereocenters. The monoisotopic (exact) mass is 591 g/mol. The number of imide groups is 1. The number of nitrogens with two attached hydrogens (primary N) is 1. The van der Waals surface area contributed by atoms with Crippen molar-refractivity contribution in [3.05, 3.63) is 57.9 Å². The van der Waals surface area contributed by atoms with Crippen molar-refractivity contribution in [1.82, 2.24) is 20.4 Å². The SMILES string of the molecule is NCCN1CCN(C(=O)NC(C(=O)N[C@H]2Cc3cccc(C(=O)O)c3OB2O)c2ccc(O)c(Cl)c2F)C(=O)C1=O. The number of hydrogen-bond donors (Lipinski definition) is 6. The molecule has 2 aliphatic heterocycles. The zero-order valence-electron chi connectivity index (χ0n) is 21.2. The molecule has 0 aliphatic carbocycles. The van der Waals surface area contributed by atoms with Crippen LogP contribution in [-0.4, -0.2) is 94.0 Å². The number of nitrogens with one attached hydrogen (secondary N) is 2. The molecule has 0 aromatic heterocycles. The van der Waals surface area contributed by atoms with Crippen LogP contribution in [0.1, 0.15) is 27.5 Å². The molecule has 2 aromatic carbocycles. The highest BCUT2D eigenvalue weighted by atomic mass is 35.5. The lowest BCUT2D eigenvalue weighted by Crippen LogP contribution is -2.60. The fourth-order valence-corrected chi connectivity index (χ4v) is 4.65. The highest BCUT2D eigenvalue weighted by molar-refractivity contribution is 6.47. The van der Waals surface area contributed by atoms with Gasteiger partial charge in [-0.05, 0) is 30.2 Å². The summed E-state index contributed by atoms with van der Waals surface area (Å²) in [6.07, 6.45) is -0.0983. The first-order valence-corrected chi connectivity index (χ1v) is 12.6. The predicted molar refractivity (Wildman–Crippen MR) is 139 cm³/mol. The number of hydrogen-bond acceptors (Lipinski definition) is 9. The standard InChI is InChI=1S/C24H24BClFN5O9/c26-16-14(33)5-4-12(17(16)27)18(30-24(39)32-9-8-31(7-6-28)21(35)22(32)36)20(34)29-15-10-11-2-1-3-13(23(37)38)19(11)41-25(15)40/h1-5,15,18,33,40H,6-10,28H2,(H,29,34)(H,30,39)(H,37,38)/t15-,18?/m0/s1. The van der Waals surface area contributed by atoms with Crippen LogP contribution < -0.4 is 21.0 Å². The van der Waals surface area contributed by atoms with Crippen LogP contribution in [-0.2, 0) is 20.8 Å². The molecular formula is C24H24BClFN5O9. The van der Waals surface area contributed by atoms with Crippen LogP contribution in [0, 0.1) is 5.82 Å². The molecule has 0 spiro atoms. The number of phenols is 1. The summed E-state index contributed by atoms with van der Waals surface area (Å²) in [5, 5.41) is 33.6. The fraction of sp³-hybridized carbons (Fsp3) is 0.292. The Morgan fingerprint density at radius 2 is 1.93 bits per heavy atom. The van der Waals surface area contributed by atoms with Gasteiger partial charge in [0, 0.05) is 31.7 Å². The van der Waals surface area contributed by atoms with Gasteiger partial charge in [-0.15, -0.1) is 0 Å². The van der Waals surface area contributed by atoms with Crippen LogP contribution in [0.25, 0.3) is 0 Å². The lowest BCUT2D eigenvalue weighted by Gasteiger charge is -2.33. The Labute approximate surface area is 236 Å². The van der Waals surface area contributed by atoms with Crippen LogP contribution in [0.3, 0.4) is 0 Å². The van der Waals surface area contributed by atoms with Crippen molar-refractivity contribution >= 4 is 48.4 Å². The predicted octanol–water partition coefficient (Wildman–Crippen LogP) is -0.597. The lowest BCUT2D eigenvalue weighted by molar-refractivity contribution is -0.153. The van der Waals surface area contributed by atoms with Gasteiger partial charge in [-0.1, -0.05) is 23.7 Å². The van der Waals surface area contributed by atoms with E-state index in [1.54, 1.807) is 0 Å². The molecule has 2 heterocycles. The van der Waals surface area contributed by atoms with Crippen molar-refractivity contribution in [2.45, 2.75) is 18.4 Å². The van der Waals surface area contributed by atoms with Gasteiger partial charge in [0.15, 0.2) is 5.82 Å². The topological polar surface area (TPSA) is 212 Å². The van der Waals surface area contributed by atoms with Gasteiger partial charge in [-0.25, -0.2) is 14.0 Å². The molecule has 2 aromatic rings. The molecule has 4 rings (SSSR count). The summed E-state index contributed by atoms with van der Waals surface area (Å²) in [6.45, 7) is -0.0748. The minimum atomic E-state index is -1.87. The second-order valence-electron chi connectivity index (χ2n) is 9.15. The Hall–Kier alpha value is -4.41. The number of carboxylic acids is 1. The van der Waals surface area contributed by atoms with E-state index in [1.807, 2.05) is 0 Å². The molecule has 1 unspecified atom stereocenters. The fourth-order valence-electron chi connectivity index (χ4n) is 4.48. The smallest absolute Gasteiger partial charge is 0.534 e. The number of piperazine rings is 1. The number of aromatic carboxylic acids is 1. The summed E-state index contributed by atoms with van der Waals surface area (Å²) in [5.41, 5.74) is 5.08. The molecule has 7 N–H and O–H groups in total. The Morgan fingerprint density at radius 1 is 1.20 bits per heavy atom. The maximum absolute atomic E-state index is 15.1. The normalized spacial score (nSPS) is 17.5. The highest BCUT2D eigenvalue weighted by Crippen LogP contribution is 2.33. The number of urea groups is 1. The van der Waals surface area contributed by atoms with E-state index in [4.69, 9.17) is 22.0 Å². The summed E-state index contributed by atoms with van der Waals surface area (Å²) < 4.78 is 20.5. The summed E-state index contributed by atoms with van der Waals surface area (Å²) in [6, 6.07) is 3.15. The highest BCUT2D eigenvalue weighted by Gasteiger charge is 2.41. The Bertz CT molecular complexity index is 1430. The number of rotatable bonds is 7. The van der Waals surface area contributed by atoms with E-state index < -0.39 is 71.0 Å². The Balaban J connectivity index is 1.60. The zero-order valence-corrected chi connectivity index (χ0v) is 21.9. The van der Waals surface area contributed by atoms with Crippen LogP contribution in [0.4, 0.5) is 9.18 Å². The van der Waals surface area contributed by atoms with Crippen molar-refractivity contribution in [1.29, 1.82) is 0 Å². The van der Waals surface area contributed by atoms with E-state index in [9.17, 15) is 39.2 Å². The Kier molecular flexibility index (Phi) is 8.65. The first kappa shape index (κ1) is 29.6. The first-order chi connectivity index (χ1) is 19.4. The van der Waals surface area contributed by atoms with Crippen LogP contribution in [0.15, 0.2) is 30.3 Å². The average Bonchev–Trinajstić information content (AvgIpc) is 2.93. The molecule has 1 fully saturated rings. The quantitative estimate of drug-likeness (QED) is 0.178. The molecule has 1 saturated heterocycles. The molecule has 14 nitrogen and oxygen atoms in total. The number of amides is 5. The summed E-state index contributed by atoms with van der Waals surface area (Å²) in [4.78, 5) is 64.7. The van der Waals surface area contributed by atoms with Gasteiger partial charge in [0.1, 0.15) is 22.6 Å². The van der Waals surface area contributed by atoms with Crippen molar-refractivity contribution in [3.63, 3.8) is 0 Å². The van der Waals surface area contributed by atoms with Crippen molar-refractivity contribution in [2.75, 3.05) is 26.2 Å². The third-order valence-corrected chi connectivity index (χ3v) is 6.92. The van der Waals surface area contributed by atoms with E-state index in [-0.39, 0.29) is 43.9 Å². The molecule has 41 heavy (non-hydrogen) atoms. The van der Waals surface area contributed by atoms with Gasteiger partial charge in [-0.3, -0.25) is 19.3 Å². The van der Waals surface area contributed by atoms with Gasteiger partial charge in [-0.2, -0.15) is 0 Å². The zero-order chi connectivity index (χ0) is 30.0. The van der Waals surface area contributed by atoms with Crippen molar-refractivity contribution in [2.24, 2.45) is 5.73 Å². The van der Waals surface area contributed by atoms with E-state index in [0.717, 1.165) is 17.0 Å². The first-order valence-electron chi connectivity index (χ1n) is 12.2. The molecule has 216 valence electrons. The number of carboxylic acid groups (broad SMARTS) is 1. The van der Waals surface area contributed by atoms with Crippen molar-refractivity contribution < 1.29 is 48.3 Å². The second kappa shape index (κ2) is 12.0. The number of carbonyl (C=O) groups is 5. The number of aromatic hydroxyl groups is 1. The average molecular weight is 592 g/mol. The van der Waals surface area contributed by atoms with E-state index in [1.165, 1.54) is 18.2 Å². The molecular weight excluding hydrogens is 568 g/mol. The third-order valence-electron chi connectivity index (χ3n) is 6.56. The second-order valence-corrected chi connectivity index (χ2v) is 9.53. The molecule has 5 amide bonds. The maximum Gasteiger partial charge on any atom is 0.547 e. The maximum atomic E-state index is 15.1. The number of nitrogens with zero attached hydrogens (tertiary/aromatic N) is 2. The lowest BCUT2D eigenvalue weighted by atomic mass is 9.72. The van der Waals surface area contributed by atoms with E-state index in [0.29, 0.717) is 10.5 Å². The number of para-hydroxylation sites is 1. The van der Waals surface area contributed by atoms with Gasteiger partial charge >= 0.3 is 30.9 Å². The van der Waals surface area contributed by atoms with Crippen LogP contribution in [0.5, 0.6) is 11.5 Å². The molecule has 0 saturated carbocycles. The Morgan fingerprint density at radius 3 is 2.61 bits per heavy atom. The van der Waals surface area contributed by atoms with Crippen LogP contribution in [0.2, 0.25) is 5.02 Å². The van der Waals surface area contributed by atoms with E-state index >= 15 is 4.39 Å². The van der Waals surface area contributed by atoms with Crippen molar-refractivity contribution in [3.8, 4) is 11.5 Å². The molecule has 0 bridgehead atoms. The largest absolute Gasteiger partial charge is 0.547 e. The van der Waals surface area contributed by atoms with Gasteiger partial charge in [0.05, 0.1) is 11.5 Å². The minimum Gasteiger partial charge on any atom is -0.534 e. The van der Waals surface area contributed by atoms with E-state index in [2.05, 4.69) is 10.6 Å². The molecule has 0 radical (unpaired) electrons. The number of fused-ring (bicyclic) bond motifs is 1. The van der Waals surface area contributed by atoms with Gasteiger partial charge < -0.3 is 41.2 Å². The third kappa shape index (κ3) is 5.89. The summed E-state index contributed by atoms with van der Waals surface area (Å²) in [7, 11) is -1.73. The number of halogens is 2. The van der Waals surface area contributed by atoms with Gasteiger partial charge in [0.2, 0.25) is 5.91 Å². The molecule has 2 aliphatic rings. The summed E-state index contributed by atoms with van der Waals surface area (Å²) in [5.74, 6) is -7.71. The number of benzene rings is 2. The summed E-state index contributed by atoms with van der Waals surface area (Å²) >= 11 is 5.81. The number of phenolic OH excluding ortho intramolecular Hbond substituents is 1. The van der Waals surface area contributed by atoms with Gasteiger partial charge in [0.25, 0.3) is 0 Å². The van der Waals surface area contributed by atoms with Crippen LogP contribution >= 0.6 is 11.6 Å². The number of carbonyl (C=O) groups excluding carboxylic acids is 4. The molecule has 17 heteroatoms.